The van der Waals surface area contributed by atoms with E-state index in [-0.39, 0.29) is 11.8 Å². The first-order valence-electron chi connectivity index (χ1n) is 8.54. The van der Waals surface area contributed by atoms with Crippen molar-refractivity contribution in [2.45, 2.75) is 71.9 Å². The summed E-state index contributed by atoms with van der Waals surface area (Å²) in [5.74, 6) is 2.07. The average molecular weight is 280 g/mol. The number of nitrogens with one attached hydrogen (secondary N) is 1. The molecular weight excluding hydrogens is 248 g/mol. The molecule has 1 saturated heterocycles. The van der Waals surface area contributed by atoms with Gasteiger partial charge in [-0.3, -0.25) is 9.69 Å². The standard InChI is InChI=1S/C17H32N2O/c1-5-13(4)19-10-15(8-14-6-7-14)9-16(11-19)18-17(20)12(2)3/h12-16H,5-11H2,1-4H3,(H,18,20). The van der Waals surface area contributed by atoms with Gasteiger partial charge in [0, 0.05) is 31.1 Å². The Kier molecular flexibility index (Phi) is 5.48. The van der Waals surface area contributed by atoms with E-state index in [0.29, 0.717) is 12.1 Å². The molecule has 1 aliphatic carbocycles. The molecule has 3 atom stereocenters. The molecule has 0 aromatic heterocycles. The van der Waals surface area contributed by atoms with Crippen LogP contribution >= 0.6 is 0 Å². The zero-order valence-electron chi connectivity index (χ0n) is 13.7. The normalized spacial score (nSPS) is 29.4. The molecule has 1 amide bonds. The molecule has 3 unspecified atom stereocenters. The van der Waals surface area contributed by atoms with Gasteiger partial charge in [0.1, 0.15) is 0 Å². The summed E-state index contributed by atoms with van der Waals surface area (Å²) >= 11 is 0. The topological polar surface area (TPSA) is 32.3 Å². The van der Waals surface area contributed by atoms with E-state index in [1.165, 1.54) is 38.6 Å². The van der Waals surface area contributed by atoms with E-state index in [2.05, 4.69) is 24.1 Å². The number of carbonyl (C=O) groups is 1. The van der Waals surface area contributed by atoms with Gasteiger partial charge >= 0.3 is 0 Å². The lowest BCUT2D eigenvalue weighted by Gasteiger charge is -2.41. The second-order valence-electron chi connectivity index (χ2n) is 7.35. The molecule has 3 heteroatoms. The van der Waals surface area contributed by atoms with Crippen molar-refractivity contribution < 1.29 is 4.79 Å². The molecule has 1 aliphatic heterocycles. The molecule has 2 aliphatic rings. The quantitative estimate of drug-likeness (QED) is 0.811. The summed E-state index contributed by atoms with van der Waals surface area (Å²) in [6.07, 6.45) is 6.62. The van der Waals surface area contributed by atoms with Crippen molar-refractivity contribution in [3.05, 3.63) is 0 Å². The minimum absolute atomic E-state index is 0.0934. The van der Waals surface area contributed by atoms with Crippen LogP contribution in [-0.2, 0) is 4.79 Å². The lowest BCUT2D eigenvalue weighted by molar-refractivity contribution is -0.125. The number of carbonyl (C=O) groups excluding carboxylic acids is 1. The summed E-state index contributed by atoms with van der Waals surface area (Å²) < 4.78 is 0. The van der Waals surface area contributed by atoms with Crippen LogP contribution in [0, 0.1) is 17.8 Å². The van der Waals surface area contributed by atoms with Gasteiger partial charge in [-0.15, -0.1) is 0 Å². The van der Waals surface area contributed by atoms with Gasteiger partial charge in [0.25, 0.3) is 0 Å². The highest BCUT2D eigenvalue weighted by Gasteiger charge is 2.34. The molecule has 116 valence electrons. The molecule has 1 N–H and O–H groups in total. The largest absolute Gasteiger partial charge is 0.352 e. The fraction of sp³-hybridized carbons (Fsp3) is 0.941. The Morgan fingerprint density at radius 3 is 2.45 bits per heavy atom. The van der Waals surface area contributed by atoms with Gasteiger partial charge in [-0.2, -0.15) is 0 Å². The molecule has 2 rings (SSSR count). The van der Waals surface area contributed by atoms with Crippen LogP contribution in [-0.4, -0.2) is 36.0 Å². The maximum Gasteiger partial charge on any atom is 0.222 e. The van der Waals surface area contributed by atoms with Crippen LogP contribution in [0.2, 0.25) is 0 Å². The predicted octanol–water partition coefficient (Wildman–Crippen LogP) is 3.05. The second kappa shape index (κ2) is 6.93. The third-order valence-electron chi connectivity index (χ3n) is 5.01. The maximum absolute atomic E-state index is 12.0. The van der Waals surface area contributed by atoms with Gasteiger partial charge in [0.05, 0.1) is 0 Å². The second-order valence-corrected chi connectivity index (χ2v) is 7.35. The highest BCUT2D eigenvalue weighted by molar-refractivity contribution is 5.78. The van der Waals surface area contributed by atoms with Gasteiger partial charge in [0.2, 0.25) is 5.91 Å². The molecule has 0 radical (unpaired) electrons. The Morgan fingerprint density at radius 2 is 1.90 bits per heavy atom. The van der Waals surface area contributed by atoms with Gasteiger partial charge in [-0.1, -0.05) is 33.6 Å². The summed E-state index contributed by atoms with van der Waals surface area (Å²) in [6, 6.07) is 0.992. The summed E-state index contributed by atoms with van der Waals surface area (Å²) in [5.41, 5.74) is 0. The number of likely N-dealkylation sites (tertiary alicyclic amines) is 1. The molecule has 1 saturated carbocycles. The minimum atomic E-state index is 0.0934. The third-order valence-corrected chi connectivity index (χ3v) is 5.01. The van der Waals surface area contributed by atoms with E-state index >= 15 is 0 Å². The van der Waals surface area contributed by atoms with Gasteiger partial charge < -0.3 is 5.32 Å². The summed E-state index contributed by atoms with van der Waals surface area (Å²) in [6.45, 7) is 10.8. The van der Waals surface area contributed by atoms with Crippen LogP contribution in [0.5, 0.6) is 0 Å². The Balaban J connectivity index is 1.93. The molecule has 20 heavy (non-hydrogen) atoms. The number of rotatable bonds is 6. The Morgan fingerprint density at radius 1 is 1.20 bits per heavy atom. The monoisotopic (exact) mass is 280 g/mol. The average Bonchev–Trinajstić information content (AvgIpc) is 3.21. The lowest BCUT2D eigenvalue weighted by atomic mass is 9.88. The van der Waals surface area contributed by atoms with E-state index in [1.807, 2.05) is 13.8 Å². The highest BCUT2D eigenvalue weighted by Crippen LogP contribution is 2.38. The molecular formula is C17H32N2O. The molecule has 1 heterocycles. The predicted molar refractivity (Wildman–Crippen MR) is 83.5 cm³/mol. The van der Waals surface area contributed by atoms with Crippen LogP contribution in [0.3, 0.4) is 0 Å². The molecule has 0 aromatic carbocycles. The number of amides is 1. The van der Waals surface area contributed by atoms with Gasteiger partial charge in [-0.25, -0.2) is 0 Å². The summed E-state index contributed by atoms with van der Waals surface area (Å²) in [5, 5.41) is 3.27. The van der Waals surface area contributed by atoms with E-state index in [4.69, 9.17) is 0 Å². The molecule has 2 fully saturated rings. The van der Waals surface area contributed by atoms with Crippen molar-refractivity contribution in [2.24, 2.45) is 17.8 Å². The Hall–Kier alpha value is -0.570. The van der Waals surface area contributed by atoms with Crippen LogP contribution in [0.1, 0.15) is 59.8 Å². The summed E-state index contributed by atoms with van der Waals surface area (Å²) in [4.78, 5) is 14.6. The molecule has 0 aromatic rings. The van der Waals surface area contributed by atoms with Gasteiger partial charge in [-0.05, 0) is 38.0 Å². The zero-order valence-corrected chi connectivity index (χ0v) is 13.7. The van der Waals surface area contributed by atoms with Crippen LogP contribution < -0.4 is 5.32 Å². The first-order valence-corrected chi connectivity index (χ1v) is 8.54. The van der Waals surface area contributed by atoms with Crippen LogP contribution in [0.25, 0.3) is 0 Å². The first-order chi connectivity index (χ1) is 9.49. The zero-order chi connectivity index (χ0) is 14.7. The van der Waals surface area contributed by atoms with E-state index in [1.54, 1.807) is 0 Å². The third kappa shape index (κ3) is 4.47. The molecule has 3 nitrogen and oxygen atoms in total. The number of nitrogens with zero attached hydrogens (tertiary/aromatic N) is 1. The smallest absolute Gasteiger partial charge is 0.222 e. The summed E-state index contributed by atoms with van der Waals surface area (Å²) in [7, 11) is 0. The van der Waals surface area contributed by atoms with Crippen molar-refractivity contribution in [2.75, 3.05) is 13.1 Å². The molecule has 0 bridgehead atoms. The van der Waals surface area contributed by atoms with Gasteiger partial charge in [0.15, 0.2) is 0 Å². The fourth-order valence-corrected chi connectivity index (χ4v) is 3.33. The molecule has 0 spiro atoms. The maximum atomic E-state index is 12.0. The minimum Gasteiger partial charge on any atom is -0.352 e. The SMILES string of the molecule is CCC(C)N1CC(CC2CC2)CC(NC(=O)C(C)C)C1. The number of hydrogen-bond acceptors (Lipinski definition) is 2. The number of hydrogen-bond donors (Lipinski definition) is 1. The van der Waals surface area contributed by atoms with E-state index in [9.17, 15) is 4.79 Å². The van der Waals surface area contributed by atoms with E-state index in [0.717, 1.165) is 18.4 Å². The first kappa shape index (κ1) is 15.8. The highest BCUT2D eigenvalue weighted by atomic mass is 16.1. The number of piperidine rings is 1. The van der Waals surface area contributed by atoms with E-state index < -0.39 is 0 Å². The van der Waals surface area contributed by atoms with Crippen molar-refractivity contribution >= 4 is 5.91 Å². The van der Waals surface area contributed by atoms with Crippen LogP contribution in [0.4, 0.5) is 0 Å². The van der Waals surface area contributed by atoms with Crippen LogP contribution in [0.15, 0.2) is 0 Å². The van der Waals surface area contributed by atoms with Crippen molar-refractivity contribution in [1.82, 2.24) is 10.2 Å². The Labute approximate surface area is 124 Å². The van der Waals surface area contributed by atoms with Crippen molar-refractivity contribution in [1.29, 1.82) is 0 Å². The lowest BCUT2D eigenvalue weighted by Crippen LogP contribution is -2.53. The fourth-order valence-electron chi connectivity index (χ4n) is 3.33. The van der Waals surface area contributed by atoms with Crippen molar-refractivity contribution in [3.63, 3.8) is 0 Å². The Bertz CT molecular complexity index is 325. The van der Waals surface area contributed by atoms with Crippen molar-refractivity contribution in [3.8, 4) is 0 Å².